The molecule has 12 atom stereocenters. The summed E-state index contributed by atoms with van der Waals surface area (Å²) in [5.74, 6) is -2.64. The lowest BCUT2D eigenvalue weighted by molar-refractivity contribution is -0.327. The van der Waals surface area contributed by atoms with E-state index in [2.05, 4.69) is 0 Å². The summed E-state index contributed by atoms with van der Waals surface area (Å²) in [5, 5.41) is 81.5. The number of rotatable bonds is 14. The van der Waals surface area contributed by atoms with Crippen molar-refractivity contribution in [2.24, 2.45) is 5.92 Å². The van der Waals surface area contributed by atoms with Gasteiger partial charge in [0.1, 0.15) is 55.4 Å². The smallest absolute Gasteiger partial charge is 0.337 e. The second-order valence-corrected chi connectivity index (χ2v) is 12.1. The maximum absolute atomic E-state index is 13.3. The second-order valence-electron chi connectivity index (χ2n) is 12.1. The number of benzene rings is 1. The van der Waals surface area contributed by atoms with Crippen molar-refractivity contribution in [1.82, 2.24) is 0 Å². The quantitative estimate of drug-likeness (QED) is 0.0727. The molecule has 0 spiro atoms. The number of ether oxygens (including phenoxy) is 9. The fourth-order valence-electron chi connectivity index (χ4n) is 5.89. The summed E-state index contributed by atoms with van der Waals surface area (Å²) in [7, 11) is 3.81. The largest absolute Gasteiger partial charge is 0.493 e. The van der Waals surface area contributed by atoms with Crippen LogP contribution in [-0.4, -0.2) is 162 Å². The average Bonchev–Trinajstić information content (AvgIpc) is 3.16. The van der Waals surface area contributed by atoms with Gasteiger partial charge >= 0.3 is 11.9 Å². The maximum atomic E-state index is 13.3. The molecular formula is C34H46O19. The van der Waals surface area contributed by atoms with Crippen molar-refractivity contribution in [3.63, 3.8) is 0 Å². The molecule has 3 aliphatic rings. The number of allylic oxidation sites excluding steroid dienone is 1. The predicted molar refractivity (Wildman–Crippen MR) is 176 cm³/mol. The summed E-state index contributed by atoms with van der Waals surface area (Å²) in [5.41, 5.74) is 0.629. The molecule has 2 saturated heterocycles. The number of hydrogen-bond donors (Lipinski definition) is 8. The molecule has 19 nitrogen and oxygen atoms in total. The first-order valence-corrected chi connectivity index (χ1v) is 16.4. The van der Waals surface area contributed by atoms with Crippen LogP contribution in [0.1, 0.15) is 18.9 Å². The molecule has 8 N–H and O–H groups in total. The monoisotopic (exact) mass is 758 g/mol. The number of carbonyl (C=O) groups is 2. The second kappa shape index (κ2) is 18.9. The highest BCUT2D eigenvalue weighted by molar-refractivity contribution is 5.90. The molecule has 0 saturated carbocycles. The summed E-state index contributed by atoms with van der Waals surface area (Å²) < 4.78 is 49.4. The number of aliphatic hydroxyl groups excluding tert-OH is 8. The Kier molecular flexibility index (Phi) is 15.0. The summed E-state index contributed by atoms with van der Waals surface area (Å²) >= 11 is 0. The minimum absolute atomic E-state index is 0.0273. The lowest BCUT2D eigenvalue weighted by Gasteiger charge is -2.42. The molecule has 1 aromatic rings. The summed E-state index contributed by atoms with van der Waals surface area (Å²) in [6.45, 7) is -0.0375. The van der Waals surface area contributed by atoms with Gasteiger partial charge in [0.05, 0.1) is 52.8 Å². The van der Waals surface area contributed by atoms with Crippen LogP contribution in [0.15, 0.2) is 41.7 Å². The van der Waals surface area contributed by atoms with Crippen LogP contribution in [0.25, 0.3) is 6.08 Å². The number of hydrogen-bond acceptors (Lipinski definition) is 19. The van der Waals surface area contributed by atoms with E-state index in [-0.39, 0.29) is 35.0 Å². The summed E-state index contributed by atoms with van der Waals surface area (Å²) in [4.78, 5) is 26.0. The van der Waals surface area contributed by atoms with Crippen LogP contribution in [0.2, 0.25) is 0 Å². The highest BCUT2D eigenvalue weighted by Crippen LogP contribution is 2.41. The van der Waals surface area contributed by atoms with Crippen LogP contribution < -0.4 is 14.2 Å². The van der Waals surface area contributed by atoms with Gasteiger partial charge in [-0.2, -0.15) is 0 Å². The number of aliphatic hydroxyl groups is 8. The lowest BCUT2D eigenvalue weighted by atomic mass is 9.86. The first-order valence-electron chi connectivity index (χ1n) is 16.4. The van der Waals surface area contributed by atoms with Gasteiger partial charge in [0, 0.05) is 11.5 Å². The van der Waals surface area contributed by atoms with Gasteiger partial charge in [0.2, 0.25) is 18.3 Å². The van der Waals surface area contributed by atoms with E-state index in [0.29, 0.717) is 5.56 Å². The van der Waals surface area contributed by atoms with E-state index < -0.39 is 105 Å². The standard InChI is InChI=1S/C34H46O19/c1-5-16-17(18(31(44)47-4)13-49-32(16)53-34-29(43)26(40)24(38)21(12-36)50-34)11-23(37)48-14-22-25(39)27(41)28(42)33(51-22)52-30-19(45-2)9-15(7-6-8-35)10-20(30)46-3/h5-7,9-10,13,17,21-22,24-29,32-36,38-43H,8,11-12,14H2,1-4H3. The van der Waals surface area contributed by atoms with Crippen molar-refractivity contribution in [3.8, 4) is 17.2 Å². The maximum Gasteiger partial charge on any atom is 0.337 e. The van der Waals surface area contributed by atoms with E-state index in [4.69, 9.17) is 47.7 Å². The van der Waals surface area contributed by atoms with Crippen LogP contribution in [0.4, 0.5) is 0 Å². The van der Waals surface area contributed by atoms with E-state index in [1.165, 1.54) is 26.4 Å². The predicted octanol–water partition coefficient (Wildman–Crippen LogP) is -2.38. The summed E-state index contributed by atoms with van der Waals surface area (Å²) in [6, 6.07) is 3.10. The van der Waals surface area contributed by atoms with Gasteiger partial charge in [-0.05, 0) is 24.6 Å². The Hall–Kier alpha value is -3.86. The zero-order valence-electron chi connectivity index (χ0n) is 29.3. The molecule has 0 aliphatic carbocycles. The van der Waals surface area contributed by atoms with Gasteiger partial charge in [-0.25, -0.2) is 4.79 Å². The van der Waals surface area contributed by atoms with Crippen LogP contribution in [0.5, 0.6) is 17.2 Å². The van der Waals surface area contributed by atoms with Gasteiger partial charge in [-0.3, -0.25) is 4.79 Å². The molecule has 0 aromatic heterocycles. The Balaban J connectivity index is 1.48. The molecule has 12 unspecified atom stereocenters. The van der Waals surface area contributed by atoms with Crippen molar-refractivity contribution in [2.75, 3.05) is 41.2 Å². The molecule has 19 heteroatoms. The van der Waals surface area contributed by atoms with Crippen molar-refractivity contribution in [1.29, 1.82) is 0 Å². The number of esters is 2. The molecule has 0 bridgehead atoms. The normalized spacial score (nSPS) is 33.9. The summed E-state index contributed by atoms with van der Waals surface area (Å²) in [6.07, 6.45) is -12.9. The molecule has 3 heterocycles. The zero-order valence-corrected chi connectivity index (χ0v) is 29.3. The van der Waals surface area contributed by atoms with Crippen molar-refractivity contribution < 1.29 is 93.1 Å². The molecule has 4 rings (SSSR count). The minimum Gasteiger partial charge on any atom is -0.493 e. The average molecular weight is 759 g/mol. The Morgan fingerprint density at radius 3 is 2.00 bits per heavy atom. The molecule has 0 amide bonds. The molecule has 2 fully saturated rings. The Morgan fingerprint density at radius 1 is 0.830 bits per heavy atom. The number of carbonyl (C=O) groups excluding carboxylic acids is 2. The third-order valence-electron chi connectivity index (χ3n) is 8.81. The Labute approximate surface area is 303 Å². The fourth-order valence-corrected chi connectivity index (χ4v) is 5.89. The third-order valence-corrected chi connectivity index (χ3v) is 8.81. The SMILES string of the molecule is CC=C1C(OC2OC(CO)C(O)C(O)C2O)OC=C(C(=O)OC)C1CC(=O)OCC1OC(Oc2c(OC)cc(C=CCO)cc2OC)C(O)C(O)C1O. The van der Waals surface area contributed by atoms with E-state index in [0.717, 1.165) is 13.4 Å². The van der Waals surface area contributed by atoms with E-state index >= 15 is 0 Å². The highest BCUT2D eigenvalue weighted by atomic mass is 16.8. The fraction of sp³-hybridized carbons (Fsp3) is 0.588. The Morgan fingerprint density at radius 2 is 1.43 bits per heavy atom. The van der Waals surface area contributed by atoms with E-state index in [9.17, 15) is 45.3 Å². The van der Waals surface area contributed by atoms with E-state index in [1.807, 2.05) is 0 Å². The van der Waals surface area contributed by atoms with Gasteiger partial charge < -0.3 is 83.5 Å². The molecule has 296 valence electrons. The highest BCUT2D eigenvalue weighted by Gasteiger charge is 2.48. The van der Waals surface area contributed by atoms with Crippen molar-refractivity contribution in [3.05, 3.63) is 47.3 Å². The van der Waals surface area contributed by atoms with Crippen LogP contribution in [0.3, 0.4) is 0 Å². The van der Waals surface area contributed by atoms with Crippen LogP contribution in [-0.2, 0) is 38.0 Å². The van der Waals surface area contributed by atoms with Crippen molar-refractivity contribution in [2.45, 2.75) is 81.0 Å². The van der Waals surface area contributed by atoms with E-state index in [1.54, 1.807) is 25.1 Å². The topological polar surface area (TPSA) is 279 Å². The number of methoxy groups -OCH3 is 3. The third kappa shape index (κ3) is 9.45. The lowest BCUT2D eigenvalue weighted by Crippen LogP contribution is -2.60. The van der Waals surface area contributed by atoms with Crippen LogP contribution >= 0.6 is 0 Å². The first-order chi connectivity index (χ1) is 25.3. The van der Waals surface area contributed by atoms with Gasteiger partial charge in [0.25, 0.3) is 0 Å². The molecular weight excluding hydrogens is 712 g/mol. The minimum atomic E-state index is -1.82. The van der Waals surface area contributed by atoms with Gasteiger partial charge in [-0.1, -0.05) is 18.2 Å². The molecule has 53 heavy (non-hydrogen) atoms. The molecule has 1 aromatic carbocycles. The van der Waals surface area contributed by atoms with Crippen LogP contribution in [0, 0.1) is 5.92 Å². The Bertz CT molecular complexity index is 1470. The molecule has 3 aliphatic heterocycles. The zero-order chi connectivity index (χ0) is 39.0. The first kappa shape index (κ1) is 41.9. The van der Waals surface area contributed by atoms with Crippen molar-refractivity contribution >= 4 is 18.0 Å². The van der Waals surface area contributed by atoms with Gasteiger partial charge in [-0.15, -0.1) is 0 Å². The van der Waals surface area contributed by atoms with Gasteiger partial charge in [0.15, 0.2) is 17.8 Å². The molecule has 0 radical (unpaired) electrons.